The van der Waals surface area contributed by atoms with Gasteiger partial charge < -0.3 is 19.8 Å². The number of aromatic nitrogens is 2. The molecule has 0 aliphatic rings. The number of pyridine rings is 1. The second-order valence-electron chi connectivity index (χ2n) is 6.01. The number of fused-ring (bicyclic) bond motifs is 1. The summed E-state index contributed by atoms with van der Waals surface area (Å²) in [5.41, 5.74) is 3.08. The van der Waals surface area contributed by atoms with Crippen molar-refractivity contribution < 1.29 is 4.74 Å². The lowest BCUT2D eigenvalue weighted by Crippen LogP contribution is -2.38. The summed E-state index contributed by atoms with van der Waals surface area (Å²) in [7, 11) is 1.76. The molecule has 28 heavy (non-hydrogen) atoms. The van der Waals surface area contributed by atoms with Crippen LogP contribution in [0, 0.1) is 0 Å². The van der Waals surface area contributed by atoms with E-state index in [1.165, 1.54) is 0 Å². The lowest BCUT2D eigenvalue weighted by Gasteiger charge is -2.14. The number of para-hydroxylation sites is 1. The first-order valence-electron chi connectivity index (χ1n) is 8.99. The zero-order valence-corrected chi connectivity index (χ0v) is 18.3. The highest BCUT2D eigenvalue weighted by Gasteiger charge is 2.05. The Bertz CT molecular complexity index is 889. The van der Waals surface area contributed by atoms with Gasteiger partial charge in [0.05, 0.1) is 5.69 Å². The Balaban J connectivity index is 0.00000280. The van der Waals surface area contributed by atoms with E-state index < -0.39 is 0 Å². The molecule has 0 bridgehead atoms. The number of hydrogen-bond acceptors (Lipinski definition) is 3. The minimum atomic E-state index is 0. The standard InChI is InChI=1S/C21H25N5O.HI/c1-3-14-27-19-9-5-4-8-17(19)15-24-21(22-2)23-12-11-18-16-26-13-7-6-10-20(26)25-18;/h3-10,13,16H,1,11-12,14-15H2,2H3,(H2,22,23,24);1H. The third kappa shape index (κ3) is 5.98. The van der Waals surface area contributed by atoms with Crippen LogP contribution >= 0.6 is 24.0 Å². The van der Waals surface area contributed by atoms with Gasteiger partial charge in [0.1, 0.15) is 18.0 Å². The highest BCUT2D eigenvalue weighted by molar-refractivity contribution is 14.0. The molecule has 0 saturated heterocycles. The van der Waals surface area contributed by atoms with E-state index in [1.54, 1.807) is 13.1 Å². The minimum Gasteiger partial charge on any atom is -0.489 e. The predicted molar refractivity (Wildman–Crippen MR) is 125 cm³/mol. The van der Waals surface area contributed by atoms with Crippen LogP contribution in [0.2, 0.25) is 0 Å². The number of ether oxygens (including phenoxy) is 1. The summed E-state index contributed by atoms with van der Waals surface area (Å²) in [6.45, 7) is 5.55. The van der Waals surface area contributed by atoms with Gasteiger partial charge in [0.25, 0.3) is 0 Å². The van der Waals surface area contributed by atoms with Crippen LogP contribution in [0.15, 0.2) is 72.5 Å². The fourth-order valence-corrected chi connectivity index (χ4v) is 2.76. The van der Waals surface area contributed by atoms with Crippen LogP contribution < -0.4 is 15.4 Å². The van der Waals surface area contributed by atoms with E-state index in [4.69, 9.17) is 4.74 Å². The van der Waals surface area contributed by atoms with E-state index >= 15 is 0 Å². The van der Waals surface area contributed by atoms with Crippen molar-refractivity contribution in [3.8, 4) is 5.75 Å². The van der Waals surface area contributed by atoms with Crippen molar-refractivity contribution in [2.75, 3.05) is 20.2 Å². The van der Waals surface area contributed by atoms with Gasteiger partial charge in [-0.25, -0.2) is 4.98 Å². The molecule has 0 unspecified atom stereocenters. The van der Waals surface area contributed by atoms with Crippen LogP contribution in [0.25, 0.3) is 5.65 Å². The van der Waals surface area contributed by atoms with E-state index in [0.717, 1.165) is 41.6 Å². The molecule has 0 fully saturated rings. The molecule has 0 atom stereocenters. The number of rotatable bonds is 8. The minimum absolute atomic E-state index is 0. The number of hydrogen-bond donors (Lipinski definition) is 2. The molecule has 2 heterocycles. The Morgan fingerprint density at radius 1 is 1.21 bits per heavy atom. The molecule has 148 valence electrons. The van der Waals surface area contributed by atoms with Crippen molar-refractivity contribution >= 4 is 35.6 Å². The Kier molecular flexibility index (Phi) is 8.80. The smallest absolute Gasteiger partial charge is 0.191 e. The van der Waals surface area contributed by atoms with Gasteiger partial charge in [0.2, 0.25) is 0 Å². The lowest BCUT2D eigenvalue weighted by atomic mass is 10.2. The Morgan fingerprint density at radius 2 is 2.04 bits per heavy atom. The molecule has 1 aromatic carbocycles. The number of nitrogens with one attached hydrogen (secondary N) is 2. The van der Waals surface area contributed by atoms with Gasteiger partial charge in [-0.05, 0) is 18.2 Å². The zero-order valence-electron chi connectivity index (χ0n) is 16.0. The van der Waals surface area contributed by atoms with E-state index in [2.05, 4.69) is 33.4 Å². The zero-order chi connectivity index (χ0) is 18.9. The molecule has 2 aromatic heterocycles. The van der Waals surface area contributed by atoms with Gasteiger partial charge in [-0.3, -0.25) is 4.99 Å². The van der Waals surface area contributed by atoms with Crippen molar-refractivity contribution in [2.45, 2.75) is 13.0 Å². The molecule has 0 saturated carbocycles. The number of halogens is 1. The maximum Gasteiger partial charge on any atom is 0.191 e. The predicted octanol–water partition coefficient (Wildman–Crippen LogP) is 3.42. The van der Waals surface area contributed by atoms with Gasteiger partial charge in [0.15, 0.2) is 5.96 Å². The van der Waals surface area contributed by atoms with E-state index in [-0.39, 0.29) is 24.0 Å². The first-order valence-corrected chi connectivity index (χ1v) is 8.99. The summed E-state index contributed by atoms with van der Waals surface area (Å²) in [5, 5.41) is 6.65. The van der Waals surface area contributed by atoms with Crippen LogP contribution in [0.4, 0.5) is 0 Å². The second-order valence-corrected chi connectivity index (χ2v) is 6.01. The van der Waals surface area contributed by atoms with Crippen molar-refractivity contribution in [1.82, 2.24) is 20.0 Å². The van der Waals surface area contributed by atoms with Crippen molar-refractivity contribution in [3.63, 3.8) is 0 Å². The maximum atomic E-state index is 5.69. The molecule has 0 spiro atoms. The number of benzene rings is 1. The van der Waals surface area contributed by atoms with Gasteiger partial charge in [-0.15, -0.1) is 24.0 Å². The quantitative estimate of drug-likeness (QED) is 0.220. The highest BCUT2D eigenvalue weighted by atomic mass is 127. The van der Waals surface area contributed by atoms with Crippen molar-refractivity contribution in [3.05, 3.63) is 78.8 Å². The molecule has 7 heteroatoms. The highest BCUT2D eigenvalue weighted by Crippen LogP contribution is 2.17. The summed E-state index contributed by atoms with van der Waals surface area (Å²) in [6, 6.07) is 14.0. The van der Waals surface area contributed by atoms with Crippen molar-refractivity contribution in [1.29, 1.82) is 0 Å². The van der Waals surface area contributed by atoms with Gasteiger partial charge >= 0.3 is 0 Å². The number of imidazole rings is 1. The first kappa shape index (κ1) is 21.7. The average molecular weight is 491 g/mol. The fourth-order valence-electron chi connectivity index (χ4n) is 2.76. The number of aliphatic imine (C=N–C) groups is 1. The fraction of sp³-hybridized carbons (Fsp3) is 0.238. The lowest BCUT2D eigenvalue weighted by molar-refractivity contribution is 0.358. The number of nitrogens with zero attached hydrogens (tertiary/aromatic N) is 3. The summed E-state index contributed by atoms with van der Waals surface area (Å²) >= 11 is 0. The SMILES string of the molecule is C=CCOc1ccccc1CNC(=NC)NCCc1cn2ccccc2n1.I. The molecule has 0 radical (unpaired) electrons. The normalized spacial score (nSPS) is 11.0. The Hall–Kier alpha value is -2.55. The van der Waals surface area contributed by atoms with E-state index in [0.29, 0.717) is 13.2 Å². The third-order valence-electron chi connectivity index (χ3n) is 4.09. The van der Waals surface area contributed by atoms with E-state index in [1.807, 2.05) is 53.1 Å². The van der Waals surface area contributed by atoms with Crippen LogP contribution in [0.3, 0.4) is 0 Å². The maximum absolute atomic E-state index is 5.69. The topological polar surface area (TPSA) is 63.0 Å². The summed E-state index contributed by atoms with van der Waals surface area (Å²) in [6.07, 6.45) is 6.62. The Labute approximate surface area is 182 Å². The van der Waals surface area contributed by atoms with Gasteiger partial charge in [-0.1, -0.05) is 36.9 Å². The molecule has 3 aromatic rings. The summed E-state index contributed by atoms with van der Waals surface area (Å²) in [5.74, 6) is 1.60. The largest absolute Gasteiger partial charge is 0.489 e. The molecule has 2 N–H and O–H groups in total. The first-order chi connectivity index (χ1) is 13.3. The molecular weight excluding hydrogens is 465 g/mol. The van der Waals surface area contributed by atoms with Crippen LogP contribution in [0.1, 0.15) is 11.3 Å². The van der Waals surface area contributed by atoms with Crippen LogP contribution in [-0.2, 0) is 13.0 Å². The van der Waals surface area contributed by atoms with Gasteiger partial charge in [0, 0.05) is 44.5 Å². The van der Waals surface area contributed by atoms with Crippen LogP contribution in [-0.4, -0.2) is 35.5 Å². The molecule has 0 aliphatic carbocycles. The molecule has 3 rings (SSSR count). The van der Waals surface area contributed by atoms with E-state index in [9.17, 15) is 0 Å². The monoisotopic (exact) mass is 491 g/mol. The molecule has 0 amide bonds. The summed E-state index contributed by atoms with van der Waals surface area (Å²) in [4.78, 5) is 8.89. The van der Waals surface area contributed by atoms with Crippen LogP contribution in [0.5, 0.6) is 5.75 Å². The number of guanidine groups is 1. The molecule has 0 aliphatic heterocycles. The van der Waals surface area contributed by atoms with Gasteiger partial charge in [-0.2, -0.15) is 0 Å². The summed E-state index contributed by atoms with van der Waals surface area (Å²) < 4.78 is 7.72. The molecular formula is C21H26IN5O. The Morgan fingerprint density at radius 3 is 2.82 bits per heavy atom. The molecule has 6 nitrogen and oxygen atoms in total. The van der Waals surface area contributed by atoms with Crippen molar-refractivity contribution in [2.24, 2.45) is 4.99 Å². The third-order valence-corrected chi connectivity index (χ3v) is 4.09. The average Bonchev–Trinajstić information content (AvgIpc) is 3.12. The second kappa shape index (κ2) is 11.3.